The van der Waals surface area contributed by atoms with Crippen LogP contribution in [0.25, 0.3) is 10.6 Å². The molecule has 1 aromatic carbocycles. The fourth-order valence-electron chi connectivity index (χ4n) is 2.76. The van der Waals surface area contributed by atoms with Crippen molar-refractivity contribution < 1.29 is 18.0 Å². The van der Waals surface area contributed by atoms with Gasteiger partial charge in [0.2, 0.25) is 0 Å². The number of aryl methyl sites for hydroxylation is 1. The van der Waals surface area contributed by atoms with Crippen molar-refractivity contribution in [3.8, 4) is 10.6 Å². The summed E-state index contributed by atoms with van der Waals surface area (Å²) in [4.78, 5) is 19.4. The Kier molecular flexibility index (Phi) is 4.62. The Morgan fingerprint density at radius 3 is 2.40 bits per heavy atom. The molecule has 2 aromatic rings. The summed E-state index contributed by atoms with van der Waals surface area (Å²) in [5, 5.41) is 0.557. The summed E-state index contributed by atoms with van der Waals surface area (Å²) < 4.78 is 38.0. The lowest BCUT2D eigenvalue weighted by Gasteiger charge is -2.24. The molecule has 1 aromatic heterocycles. The topological polar surface area (TPSA) is 33.2 Å². The number of hydrogen-bond acceptors (Lipinski definition) is 3. The van der Waals surface area contributed by atoms with Crippen molar-refractivity contribution in [2.75, 3.05) is 7.05 Å². The van der Waals surface area contributed by atoms with E-state index >= 15 is 0 Å². The summed E-state index contributed by atoms with van der Waals surface area (Å²) in [5.74, 6) is 0.490. The van der Waals surface area contributed by atoms with E-state index in [4.69, 9.17) is 0 Å². The highest BCUT2D eigenvalue weighted by Crippen LogP contribution is 2.36. The van der Waals surface area contributed by atoms with Gasteiger partial charge in [-0.3, -0.25) is 4.79 Å². The Morgan fingerprint density at radius 2 is 1.88 bits per heavy atom. The normalized spacial score (nSPS) is 15.9. The molecular weight excluding hydrogens is 349 g/mol. The number of aromatic nitrogens is 1. The molecule has 0 saturated heterocycles. The van der Waals surface area contributed by atoms with Gasteiger partial charge < -0.3 is 4.90 Å². The highest BCUT2D eigenvalue weighted by Gasteiger charge is 2.34. The zero-order valence-electron chi connectivity index (χ0n) is 14.2. The van der Waals surface area contributed by atoms with Crippen LogP contribution in [0.3, 0.4) is 0 Å². The molecule has 134 valence electrons. The first-order chi connectivity index (χ1) is 11.7. The van der Waals surface area contributed by atoms with Crippen LogP contribution in [0.1, 0.15) is 40.7 Å². The first kappa shape index (κ1) is 17.9. The molecule has 3 nitrogen and oxygen atoms in total. The van der Waals surface area contributed by atoms with E-state index in [2.05, 4.69) is 4.98 Å². The van der Waals surface area contributed by atoms with Gasteiger partial charge in [-0.15, -0.1) is 11.3 Å². The highest BCUT2D eigenvalue weighted by atomic mass is 32.1. The van der Waals surface area contributed by atoms with E-state index in [1.165, 1.54) is 23.5 Å². The standard InChI is InChI=1S/C18H19F3N2OS/c1-10-15(17(24)23(3)11(2)12-4-5-12)25-16(22-10)13-6-8-14(9-7-13)18(19,20)21/h6-9,11-12H,4-5H2,1-3H3. The van der Waals surface area contributed by atoms with Crippen LogP contribution in [-0.4, -0.2) is 28.9 Å². The minimum absolute atomic E-state index is 0.0763. The molecule has 1 atom stereocenters. The maximum Gasteiger partial charge on any atom is 0.416 e. The van der Waals surface area contributed by atoms with Crippen molar-refractivity contribution in [2.24, 2.45) is 5.92 Å². The summed E-state index contributed by atoms with van der Waals surface area (Å²) in [6.45, 7) is 3.80. The van der Waals surface area contributed by atoms with Gasteiger partial charge in [-0.1, -0.05) is 12.1 Å². The molecule has 0 bridgehead atoms. The van der Waals surface area contributed by atoms with E-state index in [1.54, 1.807) is 18.9 Å². The molecule has 1 fully saturated rings. The lowest BCUT2D eigenvalue weighted by molar-refractivity contribution is -0.137. The minimum atomic E-state index is -4.36. The van der Waals surface area contributed by atoms with Gasteiger partial charge in [-0.25, -0.2) is 4.98 Å². The number of carbonyl (C=O) groups excluding carboxylic acids is 1. The van der Waals surface area contributed by atoms with Crippen molar-refractivity contribution in [3.63, 3.8) is 0 Å². The zero-order chi connectivity index (χ0) is 18.4. The molecule has 0 N–H and O–H groups in total. The molecule has 25 heavy (non-hydrogen) atoms. The number of thiazole rings is 1. The molecule has 3 rings (SSSR count). The molecule has 0 spiro atoms. The van der Waals surface area contributed by atoms with Crippen LogP contribution in [0.5, 0.6) is 0 Å². The van der Waals surface area contributed by atoms with Crippen molar-refractivity contribution in [1.82, 2.24) is 9.88 Å². The van der Waals surface area contributed by atoms with Crippen molar-refractivity contribution in [3.05, 3.63) is 40.4 Å². The monoisotopic (exact) mass is 368 g/mol. The van der Waals surface area contributed by atoms with Gasteiger partial charge in [0.1, 0.15) is 9.88 Å². The number of halogens is 3. The van der Waals surface area contributed by atoms with E-state index in [0.29, 0.717) is 27.1 Å². The second-order valence-corrected chi connectivity index (χ2v) is 7.50. The van der Waals surface area contributed by atoms with Gasteiger partial charge in [0.15, 0.2) is 0 Å². The molecule has 1 heterocycles. The van der Waals surface area contributed by atoms with Gasteiger partial charge in [-0.05, 0) is 44.7 Å². The molecule has 1 aliphatic carbocycles. The zero-order valence-corrected chi connectivity index (χ0v) is 15.0. The molecule has 1 aliphatic rings. The van der Waals surface area contributed by atoms with Crippen LogP contribution < -0.4 is 0 Å². The Bertz CT molecular complexity index is 779. The summed E-state index contributed by atoms with van der Waals surface area (Å²) in [5.41, 5.74) is 0.497. The number of benzene rings is 1. The first-order valence-corrected chi connectivity index (χ1v) is 8.92. The quantitative estimate of drug-likeness (QED) is 0.760. The van der Waals surface area contributed by atoms with Crippen LogP contribution in [0.15, 0.2) is 24.3 Å². The summed E-state index contributed by atoms with van der Waals surface area (Å²) in [7, 11) is 1.79. The van der Waals surface area contributed by atoms with Gasteiger partial charge in [0.25, 0.3) is 5.91 Å². The maximum absolute atomic E-state index is 12.7. The number of carbonyl (C=O) groups is 1. The average molecular weight is 368 g/mol. The summed E-state index contributed by atoms with van der Waals surface area (Å²) in [6, 6.07) is 5.05. The van der Waals surface area contributed by atoms with Gasteiger partial charge in [-0.2, -0.15) is 13.2 Å². The SMILES string of the molecule is Cc1nc(-c2ccc(C(F)(F)F)cc2)sc1C(=O)N(C)C(C)C1CC1. The predicted octanol–water partition coefficient (Wildman–Crippen LogP) is 5.01. The summed E-state index contributed by atoms with van der Waals surface area (Å²) in [6.07, 6.45) is -2.06. The molecule has 7 heteroatoms. The number of rotatable bonds is 4. The van der Waals surface area contributed by atoms with Gasteiger partial charge in [0, 0.05) is 18.7 Å². The van der Waals surface area contributed by atoms with E-state index in [0.717, 1.165) is 25.0 Å². The third kappa shape index (κ3) is 3.71. The van der Waals surface area contributed by atoms with Gasteiger partial charge in [0.05, 0.1) is 11.3 Å². The predicted molar refractivity (Wildman–Crippen MR) is 91.6 cm³/mol. The Balaban J connectivity index is 1.83. The van der Waals surface area contributed by atoms with Crippen molar-refractivity contribution in [2.45, 2.75) is 38.9 Å². The van der Waals surface area contributed by atoms with Crippen LogP contribution in [0.4, 0.5) is 13.2 Å². The second-order valence-electron chi connectivity index (χ2n) is 6.50. The van der Waals surface area contributed by atoms with Crippen molar-refractivity contribution >= 4 is 17.2 Å². The van der Waals surface area contributed by atoms with Crippen molar-refractivity contribution in [1.29, 1.82) is 0 Å². The van der Waals surface area contributed by atoms with E-state index in [-0.39, 0.29) is 11.9 Å². The largest absolute Gasteiger partial charge is 0.416 e. The fourth-order valence-corrected chi connectivity index (χ4v) is 3.81. The van der Waals surface area contributed by atoms with E-state index < -0.39 is 11.7 Å². The third-order valence-corrected chi connectivity index (χ3v) is 5.88. The third-order valence-electron chi connectivity index (χ3n) is 4.69. The van der Waals surface area contributed by atoms with Crippen LogP contribution >= 0.6 is 11.3 Å². The Labute approximate surface area is 148 Å². The average Bonchev–Trinajstić information content (AvgIpc) is 3.34. The number of hydrogen-bond donors (Lipinski definition) is 0. The van der Waals surface area contributed by atoms with Crippen LogP contribution in [0, 0.1) is 12.8 Å². The molecule has 1 amide bonds. The maximum atomic E-state index is 12.7. The summed E-state index contributed by atoms with van der Waals surface area (Å²) >= 11 is 1.23. The van der Waals surface area contributed by atoms with Crippen LogP contribution in [0.2, 0.25) is 0 Å². The van der Waals surface area contributed by atoms with E-state index in [1.807, 2.05) is 6.92 Å². The first-order valence-electron chi connectivity index (χ1n) is 8.10. The lowest BCUT2D eigenvalue weighted by atomic mass is 10.1. The Hall–Kier alpha value is -1.89. The molecule has 0 aliphatic heterocycles. The van der Waals surface area contributed by atoms with Gasteiger partial charge >= 0.3 is 6.18 Å². The van der Waals surface area contributed by atoms with Crippen LogP contribution in [-0.2, 0) is 6.18 Å². The number of amides is 1. The smallest absolute Gasteiger partial charge is 0.338 e. The Morgan fingerprint density at radius 1 is 1.28 bits per heavy atom. The number of alkyl halides is 3. The molecular formula is C18H19F3N2OS. The lowest BCUT2D eigenvalue weighted by Crippen LogP contribution is -2.36. The number of nitrogens with zero attached hydrogens (tertiary/aromatic N) is 2. The second kappa shape index (κ2) is 6.44. The van der Waals surface area contributed by atoms with E-state index in [9.17, 15) is 18.0 Å². The molecule has 0 radical (unpaired) electrons. The molecule has 1 unspecified atom stereocenters. The fraction of sp³-hybridized carbons (Fsp3) is 0.444. The molecule has 1 saturated carbocycles. The minimum Gasteiger partial charge on any atom is -0.338 e. The highest BCUT2D eigenvalue weighted by molar-refractivity contribution is 7.17.